The Morgan fingerprint density at radius 3 is 2.41 bits per heavy atom. The average Bonchev–Trinajstić information content (AvgIpc) is 3.65. The first-order valence-corrected chi connectivity index (χ1v) is 16.9. The van der Waals surface area contributed by atoms with Gasteiger partial charge in [-0.15, -0.1) is 4.33 Å². The van der Waals surface area contributed by atoms with Crippen molar-refractivity contribution in [2.45, 2.75) is 136 Å². The molecule has 5 rings (SSSR count). The summed E-state index contributed by atoms with van der Waals surface area (Å²) in [6.07, 6.45) is 3.77. The predicted octanol–water partition coefficient (Wildman–Crippen LogP) is 5.81. The van der Waals surface area contributed by atoms with Gasteiger partial charge in [-0.2, -0.15) is 0 Å². The van der Waals surface area contributed by atoms with Gasteiger partial charge in [0.25, 0.3) is 0 Å². The van der Waals surface area contributed by atoms with E-state index in [9.17, 15) is 15.0 Å². The molecule has 1 heterocycles. The molecule has 0 aromatic heterocycles. The second kappa shape index (κ2) is 12.0. The van der Waals surface area contributed by atoms with Crippen LogP contribution < -0.4 is 0 Å². The molecule has 3 N–H and O–H groups in total. The lowest BCUT2D eigenvalue weighted by Crippen LogP contribution is -2.64. The number of epoxide rings is 1. The summed E-state index contributed by atoms with van der Waals surface area (Å²) in [5, 5.41) is 34.6. The number of rotatable bonds is 11. The number of methoxy groups -OCH3 is 1. The van der Waals surface area contributed by atoms with E-state index in [0.717, 1.165) is 38.5 Å². The fourth-order valence-electron chi connectivity index (χ4n) is 10.8. The van der Waals surface area contributed by atoms with E-state index in [1.165, 1.54) is 18.1 Å². The van der Waals surface area contributed by atoms with E-state index in [1.807, 2.05) is 13.8 Å². The molecule has 5 aliphatic rings. The second-order valence-corrected chi connectivity index (χ2v) is 16.4. The molecular formula is C33H54O10S. The van der Waals surface area contributed by atoms with E-state index in [4.69, 9.17) is 23.7 Å². The molecule has 11 atom stereocenters. The molecule has 0 spiro atoms. The maximum absolute atomic E-state index is 12.8. The Balaban J connectivity index is 1.51. The van der Waals surface area contributed by atoms with Crippen LogP contribution in [0.25, 0.3) is 0 Å². The summed E-state index contributed by atoms with van der Waals surface area (Å²) in [4.78, 5) is 12.8. The molecule has 4 aliphatic carbocycles. The quantitative estimate of drug-likeness (QED) is 0.0479. The van der Waals surface area contributed by atoms with E-state index in [2.05, 4.69) is 44.0 Å². The van der Waals surface area contributed by atoms with Gasteiger partial charge < -0.3 is 24.4 Å². The summed E-state index contributed by atoms with van der Waals surface area (Å²) >= 11 is 0.516. The van der Waals surface area contributed by atoms with Crippen molar-refractivity contribution in [2.24, 2.45) is 39.9 Å². The highest BCUT2D eigenvalue weighted by molar-refractivity contribution is 7.89. The lowest BCUT2D eigenvalue weighted by molar-refractivity contribution is -0.434. The van der Waals surface area contributed by atoms with Crippen LogP contribution in [0.4, 0.5) is 0 Å². The Morgan fingerprint density at radius 1 is 1.16 bits per heavy atom. The second-order valence-electron chi connectivity index (χ2n) is 15.9. The Labute approximate surface area is 266 Å². The number of aliphatic hydroxyl groups is 2. The van der Waals surface area contributed by atoms with Gasteiger partial charge in [0.1, 0.15) is 23.9 Å². The third kappa shape index (κ3) is 5.40. The number of esters is 1. The Hall–Kier alpha value is -0.760. The van der Waals surface area contributed by atoms with Gasteiger partial charge in [-0.1, -0.05) is 45.2 Å². The van der Waals surface area contributed by atoms with Crippen molar-refractivity contribution in [3.8, 4) is 0 Å². The smallest absolute Gasteiger partial charge is 0.303 e. The third-order valence-electron chi connectivity index (χ3n) is 13.0. The predicted molar refractivity (Wildman–Crippen MR) is 164 cm³/mol. The van der Waals surface area contributed by atoms with Gasteiger partial charge in [-0.25, -0.2) is 5.26 Å². The SMILES string of the molecule is CO[C@@H]1C2=C(CC[C@H]3C(C)(C)[C@@H](OSOOO)[C@H](O)C[C@]23C)C2CC[C@H]([C@H](C)CCC3(C(C)(C)O)CO3)[C@@]2(C)[C@H]1OC(C)=O. The molecule has 1 saturated heterocycles. The average molecular weight is 643 g/mol. The van der Waals surface area contributed by atoms with Crippen LogP contribution in [0.5, 0.6) is 0 Å². The summed E-state index contributed by atoms with van der Waals surface area (Å²) in [7, 11) is 1.71. The molecule has 252 valence electrons. The van der Waals surface area contributed by atoms with Crippen LogP contribution in [-0.2, 0) is 32.6 Å². The number of allylic oxidation sites excluding steroid dienone is 1. The third-order valence-corrected chi connectivity index (χ3v) is 13.4. The zero-order valence-electron chi connectivity index (χ0n) is 27.9. The first-order valence-electron chi connectivity index (χ1n) is 16.3. The minimum Gasteiger partial charge on any atom is -0.459 e. The summed E-state index contributed by atoms with van der Waals surface area (Å²) < 4.78 is 28.9. The van der Waals surface area contributed by atoms with Crippen molar-refractivity contribution in [3.05, 3.63) is 11.1 Å². The van der Waals surface area contributed by atoms with Crippen LogP contribution in [0.15, 0.2) is 11.1 Å². The molecule has 2 unspecified atom stereocenters. The van der Waals surface area contributed by atoms with Crippen molar-refractivity contribution >= 4 is 18.3 Å². The summed E-state index contributed by atoms with van der Waals surface area (Å²) in [5.41, 5.74) is 0.0406. The number of ether oxygens (including phenoxy) is 3. The minimum absolute atomic E-state index is 0.144. The zero-order chi connectivity index (χ0) is 32.5. The van der Waals surface area contributed by atoms with Crippen LogP contribution >= 0.6 is 12.3 Å². The van der Waals surface area contributed by atoms with Crippen molar-refractivity contribution in [1.29, 1.82) is 0 Å². The van der Waals surface area contributed by atoms with E-state index in [0.29, 0.717) is 37.2 Å². The van der Waals surface area contributed by atoms with E-state index >= 15 is 0 Å². The van der Waals surface area contributed by atoms with Gasteiger partial charge in [0.15, 0.2) is 12.3 Å². The monoisotopic (exact) mass is 642 g/mol. The van der Waals surface area contributed by atoms with Crippen LogP contribution in [0.2, 0.25) is 0 Å². The Morgan fingerprint density at radius 2 is 1.84 bits per heavy atom. The maximum atomic E-state index is 12.8. The molecule has 0 amide bonds. The fraction of sp³-hybridized carbons (Fsp3) is 0.909. The topological polar surface area (TPSA) is 136 Å². The van der Waals surface area contributed by atoms with Crippen LogP contribution in [0.3, 0.4) is 0 Å². The highest BCUT2D eigenvalue weighted by atomic mass is 32.2. The normalized spacial score (nSPS) is 43.6. The highest BCUT2D eigenvalue weighted by Gasteiger charge is 2.67. The lowest BCUT2D eigenvalue weighted by atomic mass is 9.44. The van der Waals surface area contributed by atoms with Gasteiger partial charge in [-0.05, 0) is 98.9 Å². The number of carbonyl (C=O) groups excluding carboxylic acids is 1. The minimum atomic E-state index is -0.893. The Bertz CT molecular complexity index is 1110. The molecule has 1 aliphatic heterocycles. The van der Waals surface area contributed by atoms with Crippen LogP contribution in [-0.4, -0.2) is 70.8 Å². The van der Waals surface area contributed by atoms with Crippen molar-refractivity contribution in [1.82, 2.24) is 0 Å². The number of hydrogen-bond acceptors (Lipinski definition) is 11. The first-order chi connectivity index (χ1) is 20.5. The number of carbonyl (C=O) groups is 1. The Kier molecular flexibility index (Phi) is 9.46. The first kappa shape index (κ1) is 34.6. The van der Waals surface area contributed by atoms with Crippen molar-refractivity contribution in [3.63, 3.8) is 0 Å². The van der Waals surface area contributed by atoms with E-state index in [1.54, 1.807) is 7.11 Å². The molecule has 0 aromatic carbocycles. The molecule has 0 aromatic rings. The van der Waals surface area contributed by atoms with E-state index < -0.39 is 46.4 Å². The zero-order valence-corrected chi connectivity index (χ0v) is 28.7. The number of hydrogen-bond donors (Lipinski definition) is 3. The molecule has 10 nitrogen and oxygen atoms in total. The van der Waals surface area contributed by atoms with Gasteiger partial charge in [0.05, 0.1) is 18.3 Å². The molecule has 3 fully saturated rings. The molecule has 11 heteroatoms. The molecule has 0 radical (unpaired) electrons. The van der Waals surface area contributed by atoms with Gasteiger partial charge in [0.2, 0.25) is 0 Å². The van der Waals surface area contributed by atoms with Gasteiger partial charge in [-0.3, -0.25) is 8.98 Å². The van der Waals surface area contributed by atoms with Crippen LogP contribution in [0.1, 0.15) is 100 Å². The maximum Gasteiger partial charge on any atom is 0.303 e. The molecular weight excluding hydrogens is 588 g/mol. The molecule has 44 heavy (non-hydrogen) atoms. The number of fused-ring (bicyclic) bond motifs is 4. The standard InChI is InChI=1S/C33H54O10S/c1-18(14-15-33(17-39-33)30(5,6)36)21-11-12-22-20-10-13-24-29(3,4)27(41-44-43-42-37)23(35)16-31(24,7)25(20)26(38-9)28(32(21,22)8)40-19(2)34/h18,21-24,26-28,35-37H,10-17H2,1-9H3/t18-,21-,22?,23-,24+,26-,27+,28+,31+,32-,33?/m1/s1. The fourth-order valence-corrected chi connectivity index (χ4v) is 11.4. The number of aliphatic hydroxyl groups excluding tert-OH is 1. The lowest BCUT2D eigenvalue weighted by Gasteiger charge is -2.63. The molecule has 2 saturated carbocycles. The van der Waals surface area contributed by atoms with Crippen molar-refractivity contribution < 1.29 is 48.0 Å². The summed E-state index contributed by atoms with van der Waals surface area (Å²) in [6, 6.07) is 0. The summed E-state index contributed by atoms with van der Waals surface area (Å²) in [6.45, 7) is 16.8. The summed E-state index contributed by atoms with van der Waals surface area (Å²) in [5.74, 6) is 0.687. The van der Waals surface area contributed by atoms with Crippen molar-refractivity contribution in [2.75, 3.05) is 13.7 Å². The highest BCUT2D eigenvalue weighted by Crippen LogP contribution is 2.69. The van der Waals surface area contributed by atoms with E-state index in [-0.39, 0.29) is 23.2 Å². The van der Waals surface area contributed by atoms with Gasteiger partial charge >= 0.3 is 5.97 Å². The van der Waals surface area contributed by atoms with Crippen LogP contribution in [0, 0.1) is 39.9 Å². The van der Waals surface area contributed by atoms with Gasteiger partial charge in [0, 0.05) is 19.4 Å². The molecule has 0 bridgehead atoms. The largest absolute Gasteiger partial charge is 0.459 e.